The van der Waals surface area contributed by atoms with E-state index in [-0.39, 0.29) is 5.91 Å². The van der Waals surface area contributed by atoms with Crippen molar-refractivity contribution in [2.75, 3.05) is 33.3 Å². The molecule has 2 aliphatic rings. The minimum Gasteiger partial charge on any atom is -0.497 e. The summed E-state index contributed by atoms with van der Waals surface area (Å²) in [4.78, 5) is 32.0. The molecule has 24 heavy (non-hydrogen) atoms. The summed E-state index contributed by atoms with van der Waals surface area (Å²) < 4.78 is 5.22. The fraction of sp³-hybridized carbons (Fsp3) is 0.471. The van der Waals surface area contributed by atoms with Crippen LogP contribution in [0.1, 0.15) is 12.0 Å². The zero-order valence-corrected chi connectivity index (χ0v) is 13.7. The molecule has 0 saturated carbocycles. The second-order valence-corrected chi connectivity index (χ2v) is 5.95. The van der Waals surface area contributed by atoms with Crippen molar-refractivity contribution in [2.24, 2.45) is 5.16 Å². The van der Waals surface area contributed by atoms with Crippen LogP contribution in [-0.2, 0) is 20.8 Å². The fourth-order valence-corrected chi connectivity index (χ4v) is 2.93. The van der Waals surface area contributed by atoms with Crippen molar-refractivity contribution in [2.45, 2.75) is 18.9 Å². The number of ether oxygens (including phenoxy) is 1. The standard InChI is InChI=1S/C17H21N3O4/c1-23-15-4-2-3-13(10-15)9-14-11-16(24-18-14)17(22)20-7-5-19(12-21)6-8-20/h2-4,10,12,16H,5-9,11H2,1H3. The number of benzene rings is 1. The smallest absolute Gasteiger partial charge is 0.267 e. The predicted molar refractivity (Wildman–Crippen MR) is 87.8 cm³/mol. The number of carbonyl (C=O) groups excluding carboxylic acids is 2. The summed E-state index contributed by atoms with van der Waals surface area (Å²) in [7, 11) is 1.63. The van der Waals surface area contributed by atoms with E-state index in [1.807, 2.05) is 24.3 Å². The summed E-state index contributed by atoms with van der Waals surface area (Å²) in [5.41, 5.74) is 1.93. The van der Waals surface area contributed by atoms with Crippen LogP contribution in [0.2, 0.25) is 0 Å². The van der Waals surface area contributed by atoms with Gasteiger partial charge in [-0.1, -0.05) is 17.3 Å². The zero-order chi connectivity index (χ0) is 16.9. The molecule has 1 fully saturated rings. The van der Waals surface area contributed by atoms with Crippen molar-refractivity contribution in [1.29, 1.82) is 0 Å². The Morgan fingerprint density at radius 3 is 2.88 bits per heavy atom. The maximum atomic E-state index is 12.5. The van der Waals surface area contributed by atoms with Gasteiger partial charge in [-0.15, -0.1) is 0 Å². The number of methoxy groups -OCH3 is 1. The largest absolute Gasteiger partial charge is 0.497 e. The molecule has 0 N–H and O–H groups in total. The van der Waals surface area contributed by atoms with E-state index in [2.05, 4.69) is 5.16 Å². The number of nitrogens with zero attached hydrogens (tertiary/aromatic N) is 3. The lowest BCUT2D eigenvalue weighted by Gasteiger charge is -2.33. The molecule has 3 rings (SSSR count). The SMILES string of the molecule is COc1cccc(CC2=NOC(C(=O)N3CCN(C=O)CC3)C2)c1. The number of hydrogen-bond acceptors (Lipinski definition) is 5. The molecule has 1 aromatic rings. The van der Waals surface area contributed by atoms with Crippen LogP contribution in [0.3, 0.4) is 0 Å². The summed E-state index contributed by atoms with van der Waals surface area (Å²) in [6.07, 6.45) is 1.42. The zero-order valence-electron chi connectivity index (χ0n) is 13.7. The minimum absolute atomic E-state index is 0.0510. The average Bonchev–Trinajstić information content (AvgIpc) is 3.09. The molecule has 0 aromatic heterocycles. The molecular weight excluding hydrogens is 310 g/mol. The molecular formula is C17H21N3O4. The highest BCUT2D eigenvalue weighted by Gasteiger charge is 2.33. The third kappa shape index (κ3) is 3.67. The average molecular weight is 331 g/mol. The number of oxime groups is 1. The summed E-state index contributed by atoms with van der Waals surface area (Å²) in [5, 5.41) is 4.08. The molecule has 0 aliphatic carbocycles. The predicted octanol–water partition coefficient (Wildman–Crippen LogP) is 0.683. The van der Waals surface area contributed by atoms with Crippen molar-refractivity contribution in [3.63, 3.8) is 0 Å². The monoisotopic (exact) mass is 331 g/mol. The van der Waals surface area contributed by atoms with Crippen LogP contribution in [0.25, 0.3) is 0 Å². The quantitative estimate of drug-likeness (QED) is 0.744. The van der Waals surface area contributed by atoms with Crippen molar-refractivity contribution < 1.29 is 19.2 Å². The highest BCUT2D eigenvalue weighted by molar-refractivity contribution is 5.94. The maximum Gasteiger partial charge on any atom is 0.267 e. The highest BCUT2D eigenvalue weighted by atomic mass is 16.6. The van der Waals surface area contributed by atoms with Gasteiger partial charge in [0.05, 0.1) is 12.8 Å². The Balaban J connectivity index is 1.52. The van der Waals surface area contributed by atoms with E-state index >= 15 is 0 Å². The van der Waals surface area contributed by atoms with Crippen LogP contribution in [0, 0.1) is 0 Å². The van der Waals surface area contributed by atoms with Crippen LogP contribution >= 0.6 is 0 Å². The number of hydrogen-bond donors (Lipinski definition) is 0. The van der Waals surface area contributed by atoms with E-state index in [4.69, 9.17) is 9.57 Å². The van der Waals surface area contributed by atoms with Crippen molar-refractivity contribution in [3.05, 3.63) is 29.8 Å². The topological polar surface area (TPSA) is 71.4 Å². The van der Waals surface area contributed by atoms with E-state index in [1.54, 1.807) is 16.9 Å². The van der Waals surface area contributed by atoms with Gasteiger partial charge in [0.25, 0.3) is 5.91 Å². The number of rotatable bonds is 5. The number of piperazine rings is 1. The molecule has 0 bridgehead atoms. The van der Waals surface area contributed by atoms with Gasteiger partial charge >= 0.3 is 0 Å². The molecule has 1 saturated heterocycles. The van der Waals surface area contributed by atoms with Crippen LogP contribution in [0.15, 0.2) is 29.4 Å². The maximum absolute atomic E-state index is 12.5. The first-order valence-corrected chi connectivity index (χ1v) is 8.02. The van der Waals surface area contributed by atoms with Gasteiger partial charge in [0.15, 0.2) is 0 Å². The lowest BCUT2D eigenvalue weighted by molar-refractivity contribution is -0.145. The third-order valence-corrected chi connectivity index (χ3v) is 4.32. The van der Waals surface area contributed by atoms with Crippen molar-refractivity contribution >= 4 is 18.0 Å². The number of amides is 2. The molecule has 7 nitrogen and oxygen atoms in total. The van der Waals surface area contributed by atoms with Crippen LogP contribution in [0.4, 0.5) is 0 Å². The van der Waals surface area contributed by atoms with E-state index in [1.165, 1.54) is 0 Å². The van der Waals surface area contributed by atoms with Gasteiger partial charge < -0.3 is 19.4 Å². The molecule has 2 aliphatic heterocycles. The van der Waals surface area contributed by atoms with E-state index in [0.29, 0.717) is 39.0 Å². The lowest BCUT2D eigenvalue weighted by atomic mass is 10.0. The first-order chi connectivity index (χ1) is 11.7. The van der Waals surface area contributed by atoms with Gasteiger partial charge in [-0.2, -0.15) is 0 Å². The summed E-state index contributed by atoms with van der Waals surface area (Å²) in [5.74, 6) is 0.748. The normalized spacial score (nSPS) is 20.4. The Labute approximate surface area is 140 Å². The molecule has 7 heteroatoms. The molecule has 1 aromatic carbocycles. The first-order valence-electron chi connectivity index (χ1n) is 8.02. The van der Waals surface area contributed by atoms with Crippen molar-refractivity contribution in [1.82, 2.24) is 9.80 Å². The van der Waals surface area contributed by atoms with Gasteiger partial charge in [-0.05, 0) is 17.7 Å². The first kappa shape index (κ1) is 16.3. The molecule has 128 valence electrons. The molecule has 2 heterocycles. The molecule has 1 atom stereocenters. The third-order valence-electron chi connectivity index (χ3n) is 4.32. The van der Waals surface area contributed by atoms with Gasteiger partial charge in [0.2, 0.25) is 12.5 Å². The second kappa shape index (κ2) is 7.33. The van der Waals surface area contributed by atoms with Crippen LogP contribution < -0.4 is 4.74 Å². The van der Waals surface area contributed by atoms with E-state index < -0.39 is 6.10 Å². The Morgan fingerprint density at radius 2 is 2.17 bits per heavy atom. The van der Waals surface area contributed by atoms with E-state index in [9.17, 15) is 9.59 Å². The lowest BCUT2D eigenvalue weighted by Crippen LogP contribution is -2.51. The summed E-state index contributed by atoms with van der Waals surface area (Å²) in [6, 6.07) is 7.77. The molecule has 1 unspecified atom stereocenters. The Morgan fingerprint density at radius 1 is 1.38 bits per heavy atom. The fourth-order valence-electron chi connectivity index (χ4n) is 2.93. The summed E-state index contributed by atoms with van der Waals surface area (Å²) in [6.45, 7) is 2.23. The minimum atomic E-state index is -0.548. The van der Waals surface area contributed by atoms with Gasteiger partial charge in [-0.25, -0.2) is 0 Å². The van der Waals surface area contributed by atoms with Gasteiger partial charge in [0.1, 0.15) is 5.75 Å². The van der Waals surface area contributed by atoms with E-state index in [0.717, 1.165) is 23.4 Å². The Hall–Kier alpha value is -2.57. The van der Waals surface area contributed by atoms with Crippen molar-refractivity contribution in [3.8, 4) is 5.75 Å². The highest BCUT2D eigenvalue weighted by Crippen LogP contribution is 2.19. The molecule has 0 radical (unpaired) electrons. The Kier molecular flexibility index (Phi) is 4.98. The second-order valence-electron chi connectivity index (χ2n) is 5.95. The van der Waals surface area contributed by atoms with Crippen LogP contribution in [0.5, 0.6) is 5.75 Å². The van der Waals surface area contributed by atoms with Gasteiger partial charge in [-0.3, -0.25) is 9.59 Å². The Bertz CT molecular complexity index is 638. The number of carbonyl (C=O) groups is 2. The summed E-state index contributed by atoms with van der Waals surface area (Å²) >= 11 is 0. The van der Waals surface area contributed by atoms with Crippen LogP contribution in [-0.4, -0.2) is 67.2 Å². The molecule has 0 spiro atoms. The van der Waals surface area contributed by atoms with Gasteiger partial charge in [0, 0.05) is 39.0 Å². The molecule has 2 amide bonds.